The number of H-pyrrole nitrogens is 1. The number of aromatic nitrogens is 2. The molecule has 3 aromatic carbocycles. The number of benzene rings is 3. The van der Waals surface area contributed by atoms with Crippen LogP contribution in [0.2, 0.25) is 0 Å². The second-order valence-corrected chi connectivity index (χ2v) is 9.57. The van der Waals surface area contributed by atoms with Gasteiger partial charge in [-0.3, -0.25) is 14.8 Å². The molecule has 182 valence electrons. The number of likely N-dealkylation sites (tertiary alicyclic amines) is 1. The summed E-state index contributed by atoms with van der Waals surface area (Å²) < 4.78 is 6.16. The standard InChI is InChI=1S/C29H34N4O2/c1-4-19(3)30-29(34)23-11-13-27-26(17-23)28(32-31-27)22-9-8-21-16-25(12-10-20(21)15-22)35-18-24-7-6-14-33(24)5-2/h8-13,15-17,19,24H,4-7,14,18H2,1-3H3,(H,30,34)(H,31,32)/t19?,24-/m0/s1. The minimum atomic E-state index is -0.0564. The molecule has 1 unspecified atom stereocenters. The quantitative estimate of drug-likeness (QED) is 0.343. The summed E-state index contributed by atoms with van der Waals surface area (Å²) >= 11 is 0. The molecule has 5 rings (SSSR count). The van der Waals surface area contributed by atoms with Gasteiger partial charge >= 0.3 is 0 Å². The van der Waals surface area contributed by atoms with Gasteiger partial charge in [-0.15, -0.1) is 0 Å². The van der Waals surface area contributed by atoms with Crippen molar-refractivity contribution >= 4 is 27.6 Å². The Morgan fingerprint density at radius 3 is 2.80 bits per heavy atom. The zero-order valence-electron chi connectivity index (χ0n) is 20.8. The Morgan fingerprint density at radius 1 is 1.14 bits per heavy atom. The zero-order chi connectivity index (χ0) is 24.4. The van der Waals surface area contributed by atoms with Gasteiger partial charge in [0.2, 0.25) is 0 Å². The summed E-state index contributed by atoms with van der Waals surface area (Å²) in [4.78, 5) is 15.2. The van der Waals surface area contributed by atoms with Gasteiger partial charge in [-0.25, -0.2) is 0 Å². The van der Waals surface area contributed by atoms with E-state index in [-0.39, 0.29) is 11.9 Å². The van der Waals surface area contributed by atoms with Crippen molar-refractivity contribution in [3.05, 3.63) is 60.2 Å². The monoisotopic (exact) mass is 470 g/mol. The Morgan fingerprint density at radius 2 is 1.97 bits per heavy atom. The molecule has 6 nitrogen and oxygen atoms in total. The summed E-state index contributed by atoms with van der Waals surface area (Å²) in [5.74, 6) is 0.856. The maximum absolute atomic E-state index is 12.7. The molecule has 1 amide bonds. The lowest BCUT2D eigenvalue weighted by Gasteiger charge is -2.22. The van der Waals surface area contributed by atoms with E-state index in [4.69, 9.17) is 4.74 Å². The molecule has 0 aliphatic carbocycles. The topological polar surface area (TPSA) is 70.2 Å². The number of rotatable bonds is 8. The Bertz CT molecular complexity index is 1350. The van der Waals surface area contributed by atoms with Crippen LogP contribution in [0.3, 0.4) is 0 Å². The van der Waals surface area contributed by atoms with Gasteiger partial charge in [-0.2, -0.15) is 5.10 Å². The highest BCUT2D eigenvalue weighted by molar-refractivity contribution is 6.02. The molecular weight excluding hydrogens is 436 g/mol. The highest BCUT2D eigenvalue weighted by atomic mass is 16.5. The summed E-state index contributed by atoms with van der Waals surface area (Å²) in [7, 11) is 0. The van der Waals surface area contributed by atoms with Crippen molar-refractivity contribution in [2.24, 2.45) is 0 Å². The number of nitrogens with one attached hydrogen (secondary N) is 2. The van der Waals surface area contributed by atoms with E-state index in [1.54, 1.807) is 0 Å². The summed E-state index contributed by atoms with van der Waals surface area (Å²) in [6.07, 6.45) is 3.37. The van der Waals surface area contributed by atoms with Crippen molar-refractivity contribution < 1.29 is 9.53 Å². The van der Waals surface area contributed by atoms with Gasteiger partial charge in [0.15, 0.2) is 0 Å². The lowest BCUT2D eigenvalue weighted by Crippen LogP contribution is -2.33. The lowest BCUT2D eigenvalue weighted by atomic mass is 10.0. The van der Waals surface area contributed by atoms with Crippen LogP contribution in [-0.2, 0) is 0 Å². The van der Waals surface area contributed by atoms with Gasteiger partial charge < -0.3 is 10.1 Å². The third-order valence-corrected chi connectivity index (χ3v) is 7.25. The van der Waals surface area contributed by atoms with Gasteiger partial charge in [0.25, 0.3) is 5.91 Å². The SMILES string of the molecule is CCC(C)NC(=O)c1ccc2[nH]nc(-c3ccc4cc(OC[C@@H]5CCCN5CC)ccc4c3)c2c1. The van der Waals surface area contributed by atoms with Crippen molar-refractivity contribution in [1.82, 2.24) is 20.4 Å². The molecule has 1 saturated heterocycles. The number of hydrogen-bond donors (Lipinski definition) is 2. The van der Waals surface area contributed by atoms with Gasteiger partial charge in [0.05, 0.1) is 11.2 Å². The third kappa shape index (κ3) is 4.89. The smallest absolute Gasteiger partial charge is 0.251 e. The Labute approximate surface area is 206 Å². The van der Waals surface area contributed by atoms with Crippen molar-refractivity contribution in [3.63, 3.8) is 0 Å². The van der Waals surface area contributed by atoms with Crippen LogP contribution >= 0.6 is 0 Å². The summed E-state index contributed by atoms with van der Waals surface area (Å²) in [5.41, 5.74) is 3.42. The zero-order valence-corrected chi connectivity index (χ0v) is 20.8. The highest BCUT2D eigenvalue weighted by Crippen LogP contribution is 2.31. The molecule has 35 heavy (non-hydrogen) atoms. The van der Waals surface area contributed by atoms with Gasteiger partial charge in [0, 0.05) is 28.6 Å². The maximum atomic E-state index is 12.7. The molecular formula is C29H34N4O2. The van der Waals surface area contributed by atoms with Crippen molar-refractivity contribution in [2.75, 3.05) is 19.7 Å². The fourth-order valence-electron chi connectivity index (χ4n) is 4.94. The van der Waals surface area contributed by atoms with Crippen molar-refractivity contribution in [2.45, 2.75) is 52.1 Å². The molecule has 0 radical (unpaired) electrons. The summed E-state index contributed by atoms with van der Waals surface area (Å²) in [6.45, 7) is 9.30. The molecule has 6 heteroatoms. The number of fused-ring (bicyclic) bond motifs is 2. The van der Waals surface area contributed by atoms with E-state index in [0.717, 1.165) is 58.3 Å². The highest BCUT2D eigenvalue weighted by Gasteiger charge is 2.23. The number of ether oxygens (including phenoxy) is 1. The molecule has 1 aliphatic rings. The minimum Gasteiger partial charge on any atom is -0.492 e. The van der Waals surface area contributed by atoms with Gasteiger partial charge in [-0.05, 0) is 86.4 Å². The minimum absolute atomic E-state index is 0.0564. The second kappa shape index (κ2) is 10.1. The van der Waals surface area contributed by atoms with Crippen LogP contribution in [0.1, 0.15) is 50.4 Å². The molecule has 0 spiro atoms. The van der Waals surface area contributed by atoms with Crippen molar-refractivity contribution in [3.8, 4) is 17.0 Å². The van der Waals surface area contributed by atoms with Crippen LogP contribution < -0.4 is 10.1 Å². The van der Waals surface area contributed by atoms with E-state index >= 15 is 0 Å². The Hall–Kier alpha value is -3.38. The van der Waals surface area contributed by atoms with Crippen LogP contribution in [0.15, 0.2) is 54.6 Å². The molecule has 0 saturated carbocycles. The fourth-order valence-corrected chi connectivity index (χ4v) is 4.94. The number of nitrogens with zero attached hydrogens (tertiary/aromatic N) is 2. The van der Waals surface area contributed by atoms with Crippen LogP contribution in [-0.4, -0.2) is 52.8 Å². The molecule has 1 aromatic heterocycles. The van der Waals surface area contributed by atoms with E-state index in [0.29, 0.717) is 11.6 Å². The van der Waals surface area contributed by atoms with Crippen LogP contribution in [0.5, 0.6) is 5.75 Å². The lowest BCUT2D eigenvalue weighted by molar-refractivity contribution is 0.0939. The Balaban J connectivity index is 1.37. The molecule has 2 atom stereocenters. The Kier molecular flexibility index (Phi) is 6.73. The van der Waals surface area contributed by atoms with Crippen molar-refractivity contribution in [1.29, 1.82) is 0 Å². The number of amides is 1. The average Bonchev–Trinajstić information content (AvgIpc) is 3.53. The van der Waals surface area contributed by atoms with Crippen LogP contribution in [0, 0.1) is 0 Å². The first-order valence-corrected chi connectivity index (χ1v) is 12.8. The van der Waals surface area contributed by atoms with Crippen LogP contribution in [0.4, 0.5) is 0 Å². The first-order chi connectivity index (χ1) is 17.1. The number of likely N-dealkylation sites (N-methyl/N-ethyl adjacent to an activating group) is 1. The first kappa shape index (κ1) is 23.4. The largest absolute Gasteiger partial charge is 0.492 e. The first-order valence-electron chi connectivity index (χ1n) is 12.8. The maximum Gasteiger partial charge on any atom is 0.251 e. The molecule has 2 heterocycles. The molecule has 1 aliphatic heterocycles. The molecule has 4 aromatic rings. The predicted octanol–water partition coefficient (Wildman–Crippen LogP) is 5.77. The molecule has 1 fully saturated rings. The molecule has 2 N–H and O–H groups in total. The normalized spacial score (nSPS) is 17.2. The summed E-state index contributed by atoms with van der Waals surface area (Å²) in [5, 5.41) is 13.9. The summed E-state index contributed by atoms with van der Waals surface area (Å²) in [6, 6.07) is 19.0. The second-order valence-electron chi connectivity index (χ2n) is 9.57. The fraction of sp³-hybridized carbons (Fsp3) is 0.379. The number of carbonyl (C=O) groups is 1. The van der Waals surface area contributed by atoms with Gasteiger partial charge in [-0.1, -0.05) is 32.0 Å². The average molecular weight is 471 g/mol. The molecule has 0 bridgehead atoms. The number of carbonyl (C=O) groups excluding carboxylic acids is 1. The van der Waals surface area contributed by atoms with E-state index in [9.17, 15) is 4.79 Å². The number of hydrogen-bond acceptors (Lipinski definition) is 4. The van der Waals surface area contributed by atoms with E-state index in [1.807, 2.05) is 25.1 Å². The van der Waals surface area contributed by atoms with E-state index < -0.39 is 0 Å². The van der Waals surface area contributed by atoms with E-state index in [1.165, 1.54) is 19.4 Å². The third-order valence-electron chi connectivity index (χ3n) is 7.25. The number of aromatic amines is 1. The van der Waals surface area contributed by atoms with Gasteiger partial charge in [0.1, 0.15) is 12.4 Å². The van der Waals surface area contributed by atoms with Crippen LogP contribution in [0.25, 0.3) is 32.9 Å². The predicted molar refractivity (Wildman–Crippen MR) is 142 cm³/mol. The van der Waals surface area contributed by atoms with E-state index in [2.05, 4.69) is 70.7 Å².